The first kappa shape index (κ1) is 18.7. The van der Waals surface area contributed by atoms with E-state index in [4.69, 9.17) is 0 Å². The number of aryl methyl sites for hydroxylation is 1. The Morgan fingerprint density at radius 2 is 1.84 bits per heavy atom. The van der Waals surface area contributed by atoms with Gasteiger partial charge in [-0.2, -0.15) is 5.10 Å². The number of benzene rings is 2. The number of rotatable bonds is 4. The fraction of sp³-hybridized carbons (Fsp3) is 0.0435. The van der Waals surface area contributed by atoms with Gasteiger partial charge in [0, 0.05) is 42.5 Å². The Labute approximate surface area is 176 Å². The summed E-state index contributed by atoms with van der Waals surface area (Å²) in [4.78, 5) is 21.6. The maximum Gasteiger partial charge on any atom is 0.273 e. The first-order chi connectivity index (χ1) is 15.1. The Bertz CT molecular complexity index is 1370. The fourth-order valence-corrected chi connectivity index (χ4v) is 3.36. The quantitative estimate of drug-likeness (QED) is 0.480. The van der Waals surface area contributed by atoms with Gasteiger partial charge in [0.25, 0.3) is 5.91 Å². The van der Waals surface area contributed by atoms with Gasteiger partial charge in [-0.15, -0.1) is 0 Å². The molecule has 5 aromatic rings. The molecule has 0 aliphatic carbocycles. The van der Waals surface area contributed by atoms with E-state index in [1.54, 1.807) is 31.4 Å². The minimum atomic E-state index is -0.320. The van der Waals surface area contributed by atoms with Gasteiger partial charge in [0.05, 0.1) is 11.4 Å². The van der Waals surface area contributed by atoms with Gasteiger partial charge in [-0.1, -0.05) is 12.1 Å². The molecule has 0 aliphatic rings. The van der Waals surface area contributed by atoms with Crippen molar-refractivity contribution in [3.63, 3.8) is 0 Å². The van der Waals surface area contributed by atoms with E-state index in [9.17, 15) is 9.18 Å². The molecule has 1 amide bonds. The van der Waals surface area contributed by atoms with Crippen molar-refractivity contribution in [3.8, 4) is 22.5 Å². The molecule has 8 heteroatoms. The molecule has 7 nitrogen and oxygen atoms in total. The molecule has 0 radical (unpaired) electrons. The molecule has 0 saturated carbocycles. The first-order valence-corrected chi connectivity index (χ1v) is 9.58. The van der Waals surface area contributed by atoms with Crippen molar-refractivity contribution in [2.75, 3.05) is 5.32 Å². The highest BCUT2D eigenvalue weighted by molar-refractivity contribution is 6.04. The van der Waals surface area contributed by atoms with Crippen LogP contribution >= 0.6 is 0 Å². The van der Waals surface area contributed by atoms with Crippen LogP contribution in [0.1, 0.15) is 10.5 Å². The van der Waals surface area contributed by atoms with Crippen LogP contribution in [0.25, 0.3) is 28.3 Å². The summed E-state index contributed by atoms with van der Waals surface area (Å²) in [5.74, 6) is -0.00811. The van der Waals surface area contributed by atoms with Gasteiger partial charge in [0.2, 0.25) is 5.78 Å². The van der Waals surface area contributed by atoms with E-state index in [2.05, 4.69) is 20.4 Å². The van der Waals surface area contributed by atoms with Crippen LogP contribution in [0.2, 0.25) is 0 Å². The molecular weight excluding hydrogens is 395 g/mol. The monoisotopic (exact) mass is 412 g/mol. The van der Waals surface area contributed by atoms with Crippen molar-refractivity contribution in [2.45, 2.75) is 0 Å². The van der Waals surface area contributed by atoms with Crippen molar-refractivity contribution in [1.82, 2.24) is 24.1 Å². The molecule has 2 aromatic carbocycles. The molecule has 0 unspecified atom stereocenters. The predicted octanol–water partition coefficient (Wildman–Crippen LogP) is 4.19. The van der Waals surface area contributed by atoms with Crippen LogP contribution < -0.4 is 5.32 Å². The second-order valence-corrected chi connectivity index (χ2v) is 7.03. The van der Waals surface area contributed by atoms with Crippen LogP contribution in [0.3, 0.4) is 0 Å². The summed E-state index contributed by atoms with van der Waals surface area (Å²) in [6, 6.07) is 17.0. The average Bonchev–Trinajstić information content (AvgIpc) is 3.38. The number of aromatic nitrogens is 5. The third-order valence-electron chi connectivity index (χ3n) is 4.90. The van der Waals surface area contributed by atoms with Crippen molar-refractivity contribution < 1.29 is 9.18 Å². The van der Waals surface area contributed by atoms with Crippen LogP contribution in [-0.2, 0) is 7.05 Å². The predicted molar refractivity (Wildman–Crippen MR) is 115 cm³/mol. The zero-order valence-corrected chi connectivity index (χ0v) is 16.5. The number of amides is 1. The van der Waals surface area contributed by atoms with Gasteiger partial charge in [0.15, 0.2) is 0 Å². The molecule has 3 heterocycles. The van der Waals surface area contributed by atoms with Gasteiger partial charge in [-0.05, 0) is 48.5 Å². The highest BCUT2D eigenvalue weighted by Crippen LogP contribution is 2.23. The van der Waals surface area contributed by atoms with E-state index in [0.717, 1.165) is 16.8 Å². The van der Waals surface area contributed by atoms with E-state index in [1.807, 2.05) is 47.1 Å². The molecule has 0 spiro atoms. The number of halogens is 1. The lowest BCUT2D eigenvalue weighted by atomic mass is 10.1. The molecule has 0 bridgehead atoms. The van der Waals surface area contributed by atoms with Crippen LogP contribution in [0.15, 0.2) is 79.3 Å². The van der Waals surface area contributed by atoms with E-state index in [-0.39, 0.29) is 11.7 Å². The summed E-state index contributed by atoms with van der Waals surface area (Å²) >= 11 is 0. The average molecular weight is 412 g/mol. The summed E-state index contributed by atoms with van der Waals surface area (Å²) < 4.78 is 16.5. The van der Waals surface area contributed by atoms with Gasteiger partial charge in [0.1, 0.15) is 11.5 Å². The topological polar surface area (TPSA) is 77.1 Å². The third-order valence-corrected chi connectivity index (χ3v) is 4.90. The Balaban J connectivity index is 1.39. The Morgan fingerprint density at radius 1 is 1.00 bits per heavy atom. The molecular formula is C23H17FN6O. The van der Waals surface area contributed by atoms with Gasteiger partial charge in [-0.25, -0.2) is 14.4 Å². The van der Waals surface area contributed by atoms with E-state index < -0.39 is 0 Å². The molecule has 0 saturated heterocycles. The second kappa shape index (κ2) is 7.49. The van der Waals surface area contributed by atoms with Crippen molar-refractivity contribution in [2.24, 2.45) is 7.05 Å². The fourth-order valence-electron chi connectivity index (χ4n) is 3.36. The lowest BCUT2D eigenvalue weighted by Crippen LogP contribution is -2.16. The lowest BCUT2D eigenvalue weighted by Gasteiger charge is -2.06. The summed E-state index contributed by atoms with van der Waals surface area (Å²) in [5.41, 5.74) is 3.98. The third kappa shape index (κ3) is 3.66. The maximum absolute atomic E-state index is 13.2. The number of nitrogens with one attached hydrogen (secondary N) is 1. The largest absolute Gasteiger partial charge is 0.321 e. The van der Waals surface area contributed by atoms with Crippen molar-refractivity contribution in [3.05, 3.63) is 90.8 Å². The molecule has 31 heavy (non-hydrogen) atoms. The molecule has 1 N–H and O–H groups in total. The number of nitrogens with zero attached hydrogens (tertiary/aromatic N) is 5. The summed E-state index contributed by atoms with van der Waals surface area (Å²) in [6.07, 6.45) is 5.46. The molecule has 3 aromatic heterocycles. The maximum atomic E-state index is 13.2. The van der Waals surface area contributed by atoms with Crippen LogP contribution in [0.5, 0.6) is 0 Å². The highest BCUT2D eigenvalue weighted by Gasteiger charge is 2.15. The molecule has 0 aliphatic heterocycles. The summed E-state index contributed by atoms with van der Waals surface area (Å²) in [7, 11) is 1.70. The number of carbonyl (C=O) groups is 1. The van der Waals surface area contributed by atoms with E-state index >= 15 is 0 Å². The minimum absolute atomic E-state index is 0.294. The normalized spacial score (nSPS) is 11.0. The van der Waals surface area contributed by atoms with Crippen molar-refractivity contribution in [1.29, 1.82) is 0 Å². The van der Waals surface area contributed by atoms with Gasteiger partial charge < -0.3 is 5.32 Å². The van der Waals surface area contributed by atoms with E-state index in [1.165, 1.54) is 16.8 Å². The molecule has 5 rings (SSSR count). The van der Waals surface area contributed by atoms with Gasteiger partial charge in [-0.3, -0.25) is 13.9 Å². The smallest absolute Gasteiger partial charge is 0.273 e. The molecule has 0 atom stereocenters. The highest BCUT2D eigenvalue weighted by atomic mass is 19.1. The van der Waals surface area contributed by atoms with Crippen LogP contribution in [0.4, 0.5) is 10.1 Å². The van der Waals surface area contributed by atoms with Crippen LogP contribution in [-0.4, -0.2) is 30.1 Å². The number of hydrogen-bond donors (Lipinski definition) is 1. The number of anilines is 1. The Kier molecular flexibility index (Phi) is 4.51. The van der Waals surface area contributed by atoms with Crippen molar-refractivity contribution >= 4 is 17.4 Å². The minimum Gasteiger partial charge on any atom is -0.321 e. The number of hydrogen-bond acceptors (Lipinski definition) is 4. The first-order valence-electron chi connectivity index (χ1n) is 9.58. The Morgan fingerprint density at radius 3 is 2.65 bits per heavy atom. The number of imidazole rings is 1. The lowest BCUT2D eigenvalue weighted by molar-refractivity contribution is 0.101. The second-order valence-electron chi connectivity index (χ2n) is 7.03. The summed E-state index contributed by atoms with van der Waals surface area (Å²) in [6.45, 7) is 0. The zero-order valence-electron chi connectivity index (χ0n) is 16.5. The standard InChI is InChI=1S/C23H17FN6O/c1-29-21(13-19(28-29)15-6-8-17(24)9-7-15)22(31)26-18-5-2-4-16(12-18)20-14-30-11-3-10-25-23(30)27-20/h2-14H,1H3,(H,26,31). The molecule has 0 fully saturated rings. The zero-order chi connectivity index (χ0) is 21.4. The number of carbonyl (C=O) groups excluding carboxylic acids is 1. The molecule has 152 valence electrons. The SMILES string of the molecule is Cn1nc(-c2ccc(F)cc2)cc1C(=O)Nc1cccc(-c2cn3cccnc3n2)c1. The Hall–Kier alpha value is -4.33. The van der Waals surface area contributed by atoms with Gasteiger partial charge >= 0.3 is 0 Å². The summed E-state index contributed by atoms with van der Waals surface area (Å²) in [5, 5.41) is 7.28. The van der Waals surface area contributed by atoms with E-state index in [0.29, 0.717) is 22.9 Å². The van der Waals surface area contributed by atoms with Crippen LogP contribution in [0, 0.1) is 5.82 Å². The number of fused-ring (bicyclic) bond motifs is 1.